The first-order valence-corrected chi connectivity index (χ1v) is 6.00. The molecule has 3 nitrogen and oxygen atoms in total. The maximum absolute atomic E-state index is 13.3. The van der Waals surface area contributed by atoms with Crippen LogP contribution in [-0.4, -0.2) is 36.6 Å². The van der Waals surface area contributed by atoms with Crippen molar-refractivity contribution in [2.75, 3.05) is 32.0 Å². The molecule has 100 valence electrons. The van der Waals surface area contributed by atoms with E-state index in [9.17, 15) is 13.2 Å². The van der Waals surface area contributed by atoms with Gasteiger partial charge in [-0.3, -0.25) is 0 Å². The molecule has 1 fully saturated rings. The van der Waals surface area contributed by atoms with Crippen molar-refractivity contribution in [2.45, 2.75) is 12.8 Å². The maximum Gasteiger partial charge on any atom is 0.251 e. The number of hydrogen-bond donors (Lipinski definition) is 1. The molecule has 1 aromatic heterocycles. The number of nitrogens with one attached hydrogen (secondary N) is 1. The molecule has 0 spiro atoms. The number of aromatic nitrogens is 1. The highest BCUT2D eigenvalue weighted by Crippen LogP contribution is 2.18. The van der Waals surface area contributed by atoms with E-state index in [1.54, 1.807) is 0 Å². The minimum absolute atomic E-state index is 0.220. The van der Waals surface area contributed by atoms with Crippen LogP contribution in [0, 0.1) is 23.5 Å². The SMILES string of the molecule is CN1CCCC(CNc2nc(F)c(F)cc2F)C1. The second-order valence-corrected chi connectivity index (χ2v) is 4.74. The fourth-order valence-electron chi connectivity index (χ4n) is 2.25. The molecule has 6 heteroatoms. The number of anilines is 1. The Kier molecular flexibility index (Phi) is 4.06. The second kappa shape index (κ2) is 5.56. The van der Waals surface area contributed by atoms with Crippen molar-refractivity contribution >= 4 is 5.82 Å². The van der Waals surface area contributed by atoms with Gasteiger partial charge in [-0.15, -0.1) is 0 Å². The summed E-state index contributed by atoms with van der Waals surface area (Å²) in [6.45, 7) is 2.49. The Hall–Kier alpha value is -1.30. The van der Waals surface area contributed by atoms with Crippen LogP contribution in [0.25, 0.3) is 0 Å². The molecular weight excluding hydrogens is 243 g/mol. The largest absolute Gasteiger partial charge is 0.367 e. The molecule has 2 rings (SSSR count). The molecule has 18 heavy (non-hydrogen) atoms. The zero-order valence-electron chi connectivity index (χ0n) is 10.2. The van der Waals surface area contributed by atoms with Gasteiger partial charge in [0.1, 0.15) is 0 Å². The van der Waals surface area contributed by atoms with Crippen molar-refractivity contribution in [3.63, 3.8) is 0 Å². The predicted octanol–water partition coefficient (Wildman–Crippen LogP) is 2.25. The van der Waals surface area contributed by atoms with Crippen molar-refractivity contribution in [3.05, 3.63) is 23.6 Å². The molecular formula is C12H16F3N3. The summed E-state index contributed by atoms with van der Waals surface area (Å²) in [4.78, 5) is 5.43. The second-order valence-electron chi connectivity index (χ2n) is 4.74. The van der Waals surface area contributed by atoms with Crippen LogP contribution in [0.15, 0.2) is 6.07 Å². The van der Waals surface area contributed by atoms with Crippen molar-refractivity contribution < 1.29 is 13.2 Å². The quantitative estimate of drug-likeness (QED) is 0.844. The molecule has 1 aliphatic rings. The van der Waals surface area contributed by atoms with Crippen LogP contribution in [0.2, 0.25) is 0 Å². The van der Waals surface area contributed by atoms with Gasteiger partial charge in [0.15, 0.2) is 17.5 Å². The lowest BCUT2D eigenvalue weighted by molar-refractivity contribution is 0.217. The number of halogens is 3. The van der Waals surface area contributed by atoms with Gasteiger partial charge in [-0.05, 0) is 32.4 Å². The summed E-state index contributed by atoms with van der Waals surface area (Å²) in [6, 6.07) is 0.512. The van der Waals surface area contributed by atoms with Gasteiger partial charge in [0.05, 0.1) is 0 Å². The third-order valence-electron chi connectivity index (χ3n) is 3.17. The molecule has 1 atom stereocenters. The van der Waals surface area contributed by atoms with Crippen LogP contribution in [0.5, 0.6) is 0 Å². The fourth-order valence-corrected chi connectivity index (χ4v) is 2.25. The molecule has 0 aromatic carbocycles. The summed E-state index contributed by atoms with van der Waals surface area (Å²) in [5.41, 5.74) is 0. The highest BCUT2D eigenvalue weighted by atomic mass is 19.2. The monoisotopic (exact) mass is 259 g/mol. The fraction of sp³-hybridized carbons (Fsp3) is 0.583. The van der Waals surface area contributed by atoms with E-state index < -0.39 is 17.6 Å². The van der Waals surface area contributed by atoms with E-state index in [1.807, 2.05) is 7.05 Å². The van der Waals surface area contributed by atoms with Crippen LogP contribution < -0.4 is 5.32 Å². The first-order chi connectivity index (χ1) is 8.56. The summed E-state index contributed by atoms with van der Waals surface area (Å²) in [5, 5.41) is 2.75. The summed E-state index contributed by atoms with van der Waals surface area (Å²) in [7, 11) is 2.03. The Balaban J connectivity index is 1.95. The molecule has 2 heterocycles. The zero-order valence-corrected chi connectivity index (χ0v) is 10.2. The molecule has 1 aromatic rings. The average molecular weight is 259 g/mol. The molecule has 0 amide bonds. The Labute approximate surface area is 104 Å². The van der Waals surface area contributed by atoms with Gasteiger partial charge in [-0.2, -0.15) is 9.37 Å². The first-order valence-electron chi connectivity index (χ1n) is 6.00. The van der Waals surface area contributed by atoms with E-state index in [-0.39, 0.29) is 5.82 Å². The van der Waals surface area contributed by atoms with E-state index in [0.29, 0.717) is 18.5 Å². The minimum Gasteiger partial charge on any atom is -0.367 e. The van der Waals surface area contributed by atoms with Gasteiger partial charge >= 0.3 is 0 Å². The Morgan fingerprint density at radius 1 is 1.39 bits per heavy atom. The third kappa shape index (κ3) is 3.13. The van der Waals surface area contributed by atoms with Crippen LogP contribution in [0.4, 0.5) is 19.0 Å². The van der Waals surface area contributed by atoms with Crippen molar-refractivity contribution in [1.82, 2.24) is 9.88 Å². The van der Waals surface area contributed by atoms with Crippen molar-refractivity contribution in [1.29, 1.82) is 0 Å². The minimum atomic E-state index is -1.28. The normalized spacial score (nSPS) is 21.0. The number of rotatable bonds is 3. The van der Waals surface area contributed by atoms with Crippen LogP contribution in [0.1, 0.15) is 12.8 Å². The number of likely N-dealkylation sites (tertiary alicyclic amines) is 1. The van der Waals surface area contributed by atoms with Gasteiger partial charge in [0.2, 0.25) is 0 Å². The molecule has 1 N–H and O–H groups in total. The van der Waals surface area contributed by atoms with Gasteiger partial charge in [0.25, 0.3) is 5.95 Å². The lowest BCUT2D eigenvalue weighted by Crippen LogP contribution is -2.35. The molecule has 1 aliphatic heterocycles. The van der Waals surface area contributed by atoms with Crippen molar-refractivity contribution in [2.24, 2.45) is 5.92 Å². The number of nitrogens with zero attached hydrogens (tertiary/aromatic N) is 2. The van der Waals surface area contributed by atoms with Crippen LogP contribution in [0.3, 0.4) is 0 Å². The lowest BCUT2D eigenvalue weighted by Gasteiger charge is -2.29. The Morgan fingerprint density at radius 2 is 2.17 bits per heavy atom. The van der Waals surface area contributed by atoms with Gasteiger partial charge < -0.3 is 10.2 Å². The van der Waals surface area contributed by atoms with E-state index in [2.05, 4.69) is 15.2 Å². The number of pyridine rings is 1. The molecule has 0 radical (unpaired) electrons. The van der Waals surface area contributed by atoms with E-state index in [1.165, 1.54) is 0 Å². The molecule has 0 aliphatic carbocycles. The first kappa shape index (κ1) is 13.1. The Bertz CT molecular complexity index is 425. The highest BCUT2D eigenvalue weighted by molar-refractivity contribution is 5.36. The number of hydrogen-bond acceptors (Lipinski definition) is 3. The number of piperidine rings is 1. The van der Waals surface area contributed by atoms with Gasteiger partial charge in [0, 0.05) is 19.2 Å². The van der Waals surface area contributed by atoms with Gasteiger partial charge in [-0.1, -0.05) is 0 Å². The average Bonchev–Trinajstić information content (AvgIpc) is 2.32. The summed E-state index contributed by atoms with van der Waals surface area (Å²) < 4.78 is 38.9. The topological polar surface area (TPSA) is 28.2 Å². The van der Waals surface area contributed by atoms with Gasteiger partial charge in [-0.25, -0.2) is 8.78 Å². The van der Waals surface area contributed by atoms with Crippen LogP contribution in [-0.2, 0) is 0 Å². The van der Waals surface area contributed by atoms with E-state index >= 15 is 0 Å². The summed E-state index contributed by atoms with van der Waals surface area (Å²) in [5.74, 6) is -3.26. The standard InChI is InChI=1S/C12H16F3N3/c1-18-4-2-3-8(7-18)6-16-12-10(14)5-9(13)11(15)17-12/h5,8H,2-4,6-7H2,1H3,(H,16,17). The summed E-state index contributed by atoms with van der Waals surface area (Å²) >= 11 is 0. The molecule has 1 unspecified atom stereocenters. The molecule has 1 saturated heterocycles. The van der Waals surface area contributed by atoms with Crippen LogP contribution >= 0.6 is 0 Å². The van der Waals surface area contributed by atoms with Crippen molar-refractivity contribution in [3.8, 4) is 0 Å². The summed E-state index contributed by atoms with van der Waals surface area (Å²) in [6.07, 6.45) is 2.14. The zero-order chi connectivity index (χ0) is 13.1. The Morgan fingerprint density at radius 3 is 2.89 bits per heavy atom. The lowest BCUT2D eigenvalue weighted by atomic mass is 9.98. The van der Waals surface area contributed by atoms with E-state index in [4.69, 9.17) is 0 Å². The maximum atomic E-state index is 13.3. The smallest absolute Gasteiger partial charge is 0.251 e. The molecule has 0 saturated carbocycles. The van der Waals surface area contributed by atoms with E-state index in [0.717, 1.165) is 25.9 Å². The highest BCUT2D eigenvalue weighted by Gasteiger charge is 2.18. The third-order valence-corrected chi connectivity index (χ3v) is 3.17. The predicted molar refractivity (Wildman–Crippen MR) is 62.8 cm³/mol. The molecule has 0 bridgehead atoms.